The fourth-order valence-electron chi connectivity index (χ4n) is 1.34. The molecular formula is C11H11F3N4S2. The van der Waals surface area contributed by atoms with Gasteiger partial charge in [-0.05, 0) is 18.2 Å². The first kappa shape index (κ1) is 14.9. The first-order valence-electron chi connectivity index (χ1n) is 5.43. The van der Waals surface area contributed by atoms with Gasteiger partial charge in [0.2, 0.25) is 5.13 Å². The van der Waals surface area contributed by atoms with Gasteiger partial charge in [0.25, 0.3) is 0 Å². The summed E-state index contributed by atoms with van der Waals surface area (Å²) in [7, 11) is 3.67. The fraction of sp³-hybridized carbons (Fsp3) is 0.273. The van der Waals surface area contributed by atoms with Crippen LogP contribution >= 0.6 is 23.1 Å². The molecule has 0 saturated carbocycles. The third kappa shape index (κ3) is 3.34. The lowest BCUT2D eigenvalue weighted by Gasteiger charge is -2.09. The molecule has 0 aliphatic rings. The summed E-state index contributed by atoms with van der Waals surface area (Å²) in [6.07, 6.45) is -4.39. The number of hydrogen-bond donors (Lipinski definition) is 1. The lowest BCUT2D eigenvalue weighted by atomic mass is 10.2. The van der Waals surface area contributed by atoms with Gasteiger partial charge in [0.15, 0.2) is 4.34 Å². The highest BCUT2D eigenvalue weighted by molar-refractivity contribution is 8.01. The molecule has 1 heterocycles. The maximum Gasteiger partial charge on any atom is 0.416 e. The van der Waals surface area contributed by atoms with Crippen LogP contribution in [0.25, 0.3) is 0 Å². The average molecular weight is 320 g/mol. The Hall–Kier alpha value is -1.48. The standard InChI is InChI=1S/C11H11F3N4S2/c1-18(2)9-16-17-10(20-9)19-8-4-3-6(5-7(8)15)11(12,13)14/h3-5H,15H2,1-2H3. The van der Waals surface area contributed by atoms with E-state index in [-0.39, 0.29) is 5.69 Å². The molecule has 108 valence electrons. The Kier molecular flexibility index (Phi) is 4.09. The van der Waals surface area contributed by atoms with Crippen LogP contribution in [-0.4, -0.2) is 24.3 Å². The zero-order chi connectivity index (χ0) is 14.9. The summed E-state index contributed by atoms with van der Waals surface area (Å²) in [4.78, 5) is 2.33. The molecule has 0 radical (unpaired) electrons. The van der Waals surface area contributed by atoms with Crippen molar-refractivity contribution in [1.29, 1.82) is 0 Å². The van der Waals surface area contributed by atoms with Gasteiger partial charge in [0.1, 0.15) is 0 Å². The predicted octanol–water partition coefficient (Wildman–Crippen LogP) is 3.36. The molecule has 9 heteroatoms. The van der Waals surface area contributed by atoms with E-state index in [1.54, 1.807) is 4.90 Å². The van der Waals surface area contributed by atoms with Crippen molar-refractivity contribution in [3.8, 4) is 0 Å². The predicted molar refractivity (Wildman–Crippen MR) is 74.2 cm³/mol. The zero-order valence-corrected chi connectivity index (χ0v) is 12.2. The van der Waals surface area contributed by atoms with Crippen molar-refractivity contribution in [3.05, 3.63) is 23.8 Å². The number of anilines is 2. The van der Waals surface area contributed by atoms with E-state index in [0.717, 1.165) is 17.3 Å². The van der Waals surface area contributed by atoms with Crippen LogP contribution in [0.2, 0.25) is 0 Å². The summed E-state index contributed by atoms with van der Waals surface area (Å²) < 4.78 is 38.2. The van der Waals surface area contributed by atoms with Crippen LogP contribution in [0.15, 0.2) is 27.4 Å². The molecule has 0 aliphatic heterocycles. The molecule has 0 unspecified atom stereocenters. The van der Waals surface area contributed by atoms with E-state index < -0.39 is 11.7 Å². The largest absolute Gasteiger partial charge is 0.416 e. The molecule has 0 aliphatic carbocycles. The van der Waals surface area contributed by atoms with E-state index >= 15 is 0 Å². The summed E-state index contributed by atoms with van der Waals surface area (Å²) in [6, 6.07) is 3.28. The van der Waals surface area contributed by atoms with Crippen molar-refractivity contribution in [2.24, 2.45) is 0 Å². The number of aromatic nitrogens is 2. The van der Waals surface area contributed by atoms with E-state index in [1.807, 2.05) is 14.1 Å². The number of halogens is 3. The van der Waals surface area contributed by atoms with Gasteiger partial charge in [0.05, 0.1) is 5.56 Å². The number of rotatable bonds is 3. The Labute approximate surface area is 121 Å². The molecule has 0 bridgehead atoms. The molecule has 20 heavy (non-hydrogen) atoms. The number of nitrogens with two attached hydrogens (primary N) is 1. The van der Waals surface area contributed by atoms with E-state index in [4.69, 9.17) is 5.73 Å². The molecule has 0 amide bonds. The minimum absolute atomic E-state index is 0.0754. The number of benzene rings is 1. The number of nitrogen functional groups attached to an aromatic ring is 1. The van der Waals surface area contributed by atoms with Gasteiger partial charge >= 0.3 is 6.18 Å². The van der Waals surface area contributed by atoms with Crippen molar-refractivity contribution in [2.45, 2.75) is 15.4 Å². The Morgan fingerprint density at radius 1 is 1.25 bits per heavy atom. The summed E-state index contributed by atoms with van der Waals surface area (Å²) >= 11 is 2.54. The van der Waals surface area contributed by atoms with Gasteiger partial charge < -0.3 is 10.6 Å². The number of alkyl halides is 3. The van der Waals surface area contributed by atoms with Crippen molar-refractivity contribution >= 4 is 33.9 Å². The summed E-state index contributed by atoms with van der Waals surface area (Å²) in [5.74, 6) is 0. The molecule has 0 atom stereocenters. The van der Waals surface area contributed by atoms with Crippen molar-refractivity contribution in [2.75, 3.05) is 24.7 Å². The van der Waals surface area contributed by atoms with Crippen LogP contribution in [0.1, 0.15) is 5.56 Å². The van der Waals surface area contributed by atoms with Gasteiger partial charge in [-0.1, -0.05) is 23.1 Å². The number of nitrogens with zero attached hydrogens (tertiary/aromatic N) is 3. The third-order valence-corrected chi connectivity index (χ3v) is 4.55. The molecule has 0 fully saturated rings. The summed E-state index contributed by atoms with van der Waals surface area (Å²) in [6.45, 7) is 0. The lowest BCUT2D eigenvalue weighted by Crippen LogP contribution is -2.07. The molecule has 0 spiro atoms. The van der Waals surface area contributed by atoms with Gasteiger partial charge in [-0.25, -0.2) is 0 Å². The van der Waals surface area contributed by atoms with Crippen molar-refractivity contribution < 1.29 is 13.2 Å². The highest BCUT2D eigenvalue weighted by atomic mass is 32.2. The van der Waals surface area contributed by atoms with Crippen LogP contribution in [0.4, 0.5) is 24.0 Å². The second-order valence-corrected chi connectivity index (χ2v) is 6.34. The quantitative estimate of drug-likeness (QED) is 0.879. The normalized spacial score (nSPS) is 11.7. The van der Waals surface area contributed by atoms with E-state index in [9.17, 15) is 13.2 Å². The van der Waals surface area contributed by atoms with Crippen LogP contribution in [-0.2, 0) is 6.18 Å². The highest BCUT2D eigenvalue weighted by Crippen LogP contribution is 2.38. The minimum atomic E-state index is -4.39. The molecule has 4 nitrogen and oxygen atoms in total. The van der Waals surface area contributed by atoms with Crippen LogP contribution in [0.3, 0.4) is 0 Å². The summed E-state index contributed by atoms with van der Waals surface area (Å²) in [5.41, 5.74) is 4.97. The molecule has 2 aromatic rings. The second kappa shape index (κ2) is 5.49. The smallest absolute Gasteiger partial charge is 0.398 e. The Bertz CT molecular complexity index is 610. The average Bonchev–Trinajstić information content (AvgIpc) is 2.79. The molecule has 1 aromatic carbocycles. The Morgan fingerprint density at radius 2 is 1.95 bits per heavy atom. The van der Waals surface area contributed by atoms with Crippen LogP contribution < -0.4 is 10.6 Å². The molecule has 2 rings (SSSR count). The summed E-state index contributed by atoms with van der Waals surface area (Å²) in [5, 5.41) is 8.63. The molecule has 2 N–H and O–H groups in total. The van der Waals surface area contributed by atoms with E-state index in [1.165, 1.54) is 29.2 Å². The topological polar surface area (TPSA) is 55.0 Å². The van der Waals surface area contributed by atoms with Crippen LogP contribution in [0.5, 0.6) is 0 Å². The van der Waals surface area contributed by atoms with Gasteiger partial charge in [-0.3, -0.25) is 0 Å². The Morgan fingerprint density at radius 3 is 2.45 bits per heavy atom. The first-order valence-corrected chi connectivity index (χ1v) is 7.06. The fourth-order valence-corrected chi connectivity index (χ4v) is 3.08. The monoisotopic (exact) mass is 320 g/mol. The first-order chi connectivity index (χ1) is 9.27. The highest BCUT2D eigenvalue weighted by Gasteiger charge is 2.30. The molecule has 0 saturated heterocycles. The van der Waals surface area contributed by atoms with Crippen molar-refractivity contribution in [1.82, 2.24) is 10.2 Å². The zero-order valence-electron chi connectivity index (χ0n) is 10.6. The maximum atomic E-state index is 12.5. The van der Waals surface area contributed by atoms with E-state index in [2.05, 4.69) is 10.2 Å². The second-order valence-electron chi connectivity index (χ2n) is 4.10. The van der Waals surface area contributed by atoms with Crippen LogP contribution in [0, 0.1) is 0 Å². The maximum absolute atomic E-state index is 12.5. The third-order valence-electron chi connectivity index (χ3n) is 2.31. The lowest BCUT2D eigenvalue weighted by molar-refractivity contribution is -0.137. The minimum Gasteiger partial charge on any atom is -0.398 e. The number of hydrogen-bond acceptors (Lipinski definition) is 6. The SMILES string of the molecule is CN(C)c1nnc(Sc2ccc(C(F)(F)F)cc2N)s1. The van der Waals surface area contributed by atoms with E-state index in [0.29, 0.717) is 9.24 Å². The van der Waals surface area contributed by atoms with Gasteiger partial charge in [-0.2, -0.15) is 13.2 Å². The Balaban J connectivity index is 2.21. The molecular weight excluding hydrogens is 309 g/mol. The van der Waals surface area contributed by atoms with Gasteiger partial charge in [-0.15, -0.1) is 10.2 Å². The molecule has 1 aromatic heterocycles. The van der Waals surface area contributed by atoms with Gasteiger partial charge in [0, 0.05) is 24.7 Å². The van der Waals surface area contributed by atoms with Crippen molar-refractivity contribution in [3.63, 3.8) is 0 Å².